The lowest BCUT2D eigenvalue weighted by Crippen LogP contribution is -2.22. The lowest BCUT2D eigenvalue weighted by Gasteiger charge is -2.11. The fourth-order valence-electron chi connectivity index (χ4n) is 2.57. The monoisotopic (exact) mass is 425 g/mol. The van der Waals surface area contributed by atoms with E-state index in [1.807, 2.05) is 40.3 Å². The standard InChI is InChI=1S/C20H16FN5OS2/c1-13(29-20-25-22-12-26(20)16-5-3-2-4-6-16)18(27)24-19-23-17(11-28-19)14-7-9-15(21)10-8-14/h2-13H,1H3,(H,23,24,27). The van der Waals surface area contributed by atoms with Crippen LogP contribution in [0.4, 0.5) is 9.52 Å². The molecular formula is C20H16FN5OS2. The van der Waals surface area contributed by atoms with E-state index in [9.17, 15) is 9.18 Å². The predicted molar refractivity (Wildman–Crippen MR) is 113 cm³/mol. The summed E-state index contributed by atoms with van der Waals surface area (Å²) < 4.78 is 14.9. The molecule has 146 valence electrons. The molecule has 1 unspecified atom stereocenters. The van der Waals surface area contributed by atoms with E-state index in [0.717, 1.165) is 11.3 Å². The van der Waals surface area contributed by atoms with Crippen LogP contribution in [-0.2, 0) is 4.79 Å². The zero-order valence-corrected chi connectivity index (χ0v) is 17.0. The molecule has 1 atom stereocenters. The Labute approximate surface area is 174 Å². The van der Waals surface area contributed by atoms with Gasteiger partial charge in [0.25, 0.3) is 0 Å². The number of carbonyl (C=O) groups excluding carboxylic acids is 1. The fraction of sp³-hybridized carbons (Fsp3) is 0.100. The average Bonchev–Trinajstić information content (AvgIpc) is 3.39. The molecule has 4 rings (SSSR count). The summed E-state index contributed by atoms with van der Waals surface area (Å²) in [6, 6.07) is 15.8. The molecular weight excluding hydrogens is 409 g/mol. The highest BCUT2D eigenvalue weighted by Crippen LogP contribution is 2.27. The number of aromatic nitrogens is 4. The third kappa shape index (κ3) is 4.52. The van der Waals surface area contributed by atoms with Crippen LogP contribution in [0.15, 0.2) is 71.5 Å². The molecule has 0 saturated carbocycles. The van der Waals surface area contributed by atoms with Crippen LogP contribution >= 0.6 is 23.1 Å². The summed E-state index contributed by atoms with van der Waals surface area (Å²) in [5.41, 5.74) is 2.41. The summed E-state index contributed by atoms with van der Waals surface area (Å²) in [5, 5.41) is 13.5. The molecule has 0 spiro atoms. The van der Waals surface area contributed by atoms with Crippen LogP contribution in [0.25, 0.3) is 16.9 Å². The lowest BCUT2D eigenvalue weighted by molar-refractivity contribution is -0.115. The number of benzene rings is 2. The second kappa shape index (κ2) is 8.54. The van der Waals surface area contributed by atoms with Crippen molar-refractivity contribution in [3.8, 4) is 16.9 Å². The van der Waals surface area contributed by atoms with Crippen molar-refractivity contribution in [1.82, 2.24) is 19.7 Å². The van der Waals surface area contributed by atoms with Crippen molar-refractivity contribution < 1.29 is 9.18 Å². The number of rotatable bonds is 6. The highest BCUT2D eigenvalue weighted by Gasteiger charge is 2.19. The molecule has 0 fully saturated rings. The molecule has 9 heteroatoms. The van der Waals surface area contributed by atoms with Crippen molar-refractivity contribution in [2.24, 2.45) is 0 Å². The van der Waals surface area contributed by atoms with Crippen molar-refractivity contribution in [1.29, 1.82) is 0 Å². The van der Waals surface area contributed by atoms with Crippen LogP contribution in [0.5, 0.6) is 0 Å². The van der Waals surface area contributed by atoms with E-state index in [-0.39, 0.29) is 11.7 Å². The first-order valence-corrected chi connectivity index (χ1v) is 10.5. The van der Waals surface area contributed by atoms with E-state index in [2.05, 4.69) is 20.5 Å². The summed E-state index contributed by atoms with van der Waals surface area (Å²) in [5.74, 6) is -0.482. The topological polar surface area (TPSA) is 72.7 Å². The molecule has 0 aliphatic rings. The minimum Gasteiger partial charge on any atom is -0.301 e. The second-order valence-corrected chi connectivity index (χ2v) is 8.28. The third-order valence-corrected chi connectivity index (χ3v) is 5.89. The normalized spacial score (nSPS) is 11.9. The molecule has 6 nitrogen and oxygen atoms in total. The van der Waals surface area contributed by atoms with E-state index >= 15 is 0 Å². The zero-order valence-electron chi connectivity index (χ0n) is 15.3. The maximum absolute atomic E-state index is 13.1. The first-order chi connectivity index (χ1) is 14.1. The molecule has 0 aliphatic carbocycles. The van der Waals surface area contributed by atoms with Gasteiger partial charge in [0.1, 0.15) is 12.1 Å². The third-order valence-electron chi connectivity index (χ3n) is 4.08. The Hall–Kier alpha value is -3.04. The number of anilines is 1. The molecule has 2 aromatic carbocycles. The van der Waals surface area contributed by atoms with Crippen LogP contribution < -0.4 is 5.32 Å². The Morgan fingerprint density at radius 3 is 2.69 bits per heavy atom. The maximum Gasteiger partial charge on any atom is 0.239 e. The second-order valence-electron chi connectivity index (χ2n) is 6.11. The van der Waals surface area contributed by atoms with Crippen LogP contribution in [0.1, 0.15) is 6.92 Å². The Morgan fingerprint density at radius 2 is 1.93 bits per heavy atom. The molecule has 4 aromatic rings. The van der Waals surface area contributed by atoms with Gasteiger partial charge in [-0.25, -0.2) is 9.37 Å². The molecule has 0 aliphatic heterocycles. The van der Waals surface area contributed by atoms with Crippen molar-refractivity contribution in [3.63, 3.8) is 0 Å². The highest BCUT2D eigenvalue weighted by atomic mass is 32.2. The van der Waals surface area contributed by atoms with Crippen LogP contribution in [0, 0.1) is 5.82 Å². The van der Waals surface area contributed by atoms with E-state index in [1.54, 1.807) is 25.4 Å². The van der Waals surface area contributed by atoms with Crippen molar-refractivity contribution in [2.75, 3.05) is 5.32 Å². The van der Waals surface area contributed by atoms with Gasteiger partial charge in [0, 0.05) is 16.6 Å². The molecule has 29 heavy (non-hydrogen) atoms. The van der Waals surface area contributed by atoms with Gasteiger partial charge in [-0.15, -0.1) is 21.5 Å². The van der Waals surface area contributed by atoms with Crippen LogP contribution in [-0.4, -0.2) is 30.9 Å². The zero-order chi connectivity index (χ0) is 20.2. The quantitative estimate of drug-likeness (QED) is 0.455. The van der Waals surface area contributed by atoms with Gasteiger partial charge in [-0.05, 0) is 43.3 Å². The van der Waals surface area contributed by atoms with Crippen molar-refractivity contribution in [3.05, 3.63) is 72.1 Å². The number of thioether (sulfide) groups is 1. The Kier molecular flexibility index (Phi) is 5.68. The van der Waals surface area contributed by atoms with Gasteiger partial charge in [0.2, 0.25) is 5.91 Å². The number of para-hydroxylation sites is 1. The van der Waals surface area contributed by atoms with Crippen LogP contribution in [0.2, 0.25) is 0 Å². The molecule has 1 N–H and O–H groups in total. The minimum atomic E-state index is -0.403. The number of thiazole rings is 1. The van der Waals surface area contributed by atoms with Gasteiger partial charge < -0.3 is 5.32 Å². The fourth-order valence-corrected chi connectivity index (χ4v) is 4.14. The first-order valence-electron chi connectivity index (χ1n) is 8.74. The van der Waals surface area contributed by atoms with Crippen molar-refractivity contribution >= 4 is 34.1 Å². The Balaban J connectivity index is 1.42. The molecule has 2 aromatic heterocycles. The minimum absolute atomic E-state index is 0.183. The van der Waals surface area contributed by atoms with E-state index in [0.29, 0.717) is 16.0 Å². The molecule has 1 amide bonds. The van der Waals surface area contributed by atoms with Crippen LogP contribution in [0.3, 0.4) is 0 Å². The summed E-state index contributed by atoms with van der Waals surface area (Å²) in [6.07, 6.45) is 1.62. The summed E-state index contributed by atoms with van der Waals surface area (Å²) in [7, 11) is 0. The SMILES string of the molecule is CC(Sc1nncn1-c1ccccc1)C(=O)Nc1nc(-c2ccc(F)cc2)cs1. The predicted octanol–water partition coefficient (Wildman–Crippen LogP) is 4.65. The number of hydrogen-bond donors (Lipinski definition) is 1. The number of amides is 1. The largest absolute Gasteiger partial charge is 0.301 e. The number of carbonyl (C=O) groups is 1. The van der Waals surface area contributed by atoms with Gasteiger partial charge >= 0.3 is 0 Å². The van der Waals surface area contributed by atoms with E-state index in [4.69, 9.17) is 0 Å². The van der Waals surface area contributed by atoms with Crippen molar-refractivity contribution in [2.45, 2.75) is 17.3 Å². The number of nitrogens with one attached hydrogen (secondary N) is 1. The molecule has 0 radical (unpaired) electrons. The lowest BCUT2D eigenvalue weighted by atomic mass is 10.2. The number of hydrogen-bond acceptors (Lipinski definition) is 6. The molecule has 0 bridgehead atoms. The van der Waals surface area contributed by atoms with E-state index in [1.165, 1.54) is 35.2 Å². The number of nitrogens with zero attached hydrogens (tertiary/aromatic N) is 4. The first kappa shape index (κ1) is 19.3. The Bertz CT molecular complexity index is 1110. The molecule has 2 heterocycles. The number of halogens is 1. The van der Waals surface area contributed by atoms with Gasteiger partial charge in [0.05, 0.1) is 10.9 Å². The Morgan fingerprint density at radius 1 is 1.17 bits per heavy atom. The average molecular weight is 426 g/mol. The summed E-state index contributed by atoms with van der Waals surface area (Å²) >= 11 is 2.64. The smallest absolute Gasteiger partial charge is 0.239 e. The molecule has 0 saturated heterocycles. The van der Waals surface area contributed by atoms with Gasteiger partial charge in [-0.3, -0.25) is 9.36 Å². The summed E-state index contributed by atoms with van der Waals surface area (Å²) in [6.45, 7) is 1.80. The van der Waals surface area contributed by atoms with Gasteiger partial charge in [0.15, 0.2) is 10.3 Å². The maximum atomic E-state index is 13.1. The highest BCUT2D eigenvalue weighted by molar-refractivity contribution is 8.00. The van der Waals surface area contributed by atoms with Gasteiger partial charge in [-0.2, -0.15) is 0 Å². The summed E-state index contributed by atoms with van der Waals surface area (Å²) in [4.78, 5) is 17.0. The van der Waals surface area contributed by atoms with E-state index < -0.39 is 5.25 Å². The van der Waals surface area contributed by atoms with Gasteiger partial charge in [-0.1, -0.05) is 30.0 Å².